The first-order chi connectivity index (χ1) is 20.1. The molecule has 41 heavy (non-hydrogen) atoms. The number of aryl methyl sites for hydroxylation is 1. The van der Waals surface area contributed by atoms with Crippen LogP contribution in [0.25, 0.3) is 11.2 Å². The van der Waals surface area contributed by atoms with Gasteiger partial charge in [0, 0.05) is 19.6 Å². The van der Waals surface area contributed by atoms with E-state index < -0.39 is 24.5 Å². The molecule has 0 bridgehead atoms. The number of hydrogen-bond donors (Lipinski definition) is 4. The first-order valence-electron chi connectivity index (χ1n) is 14.4. The predicted molar refractivity (Wildman–Crippen MR) is 151 cm³/mol. The Kier molecular flexibility index (Phi) is 8.32. The molecule has 218 valence electrons. The van der Waals surface area contributed by atoms with Crippen molar-refractivity contribution in [1.29, 1.82) is 0 Å². The highest BCUT2D eigenvalue weighted by Gasteiger charge is 2.47. The zero-order chi connectivity index (χ0) is 28.2. The quantitative estimate of drug-likeness (QED) is 0.208. The van der Waals surface area contributed by atoms with Gasteiger partial charge in [-0.05, 0) is 50.1 Å². The minimum absolute atomic E-state index is 0.211. The number of nitrogens with one attached hydrogen (secondary N) is 2. The Balaban J connectivity index is 1.25. The summed E-state index contributed by atoms with van der Waals surface area (Å²) in [4.78, 5) is 17.9. The molecule has 1 aromatic carbocycles. The van der Waals surface area contributed by atoms with Crippen LogP contribution < -0.4 is 10.6 Å². The number of tetrazole rings is 1. The number of aliphatic hydroxyl groups is 2. The summed E-state index contributed by atoms with van der Waals surface area (Å²) in [7, 11) is 0. The number of likely N-dealkylation sites (tertiary alicyclic amines) is 1. The third kappa shape index (κ3) is 6.00. The van der Waals surface area contributed by atoms with E-state index in [2.05, 4.69) is 48.1 Å². The van der Waals surface area contributed by atoms with Gasteiger partial charge in [0.1, 0.15) is 12.2 Å². The van der Waals surface area contributed by atoms with Crippen LogP contribution >= 0.6 is 0 Å². The van der Waals surface area contributed by atoms with Crippen LogP contribution in [0.3, 0.4) is 0 Å². The number of imidazole rings is 1. The van der Waals surface area contributed by atoms with E-state index in [0.717, 1.165) is 26.1 Å². The SMILES string of the molecule is CCn1nnc(C2OC(n3cnc4c(NCCc5ccccc5)nc(NCCN5CCCCC5)nc43)C(O)C2O)n1. The molecule has 0 saturated carbocycles. The molecule has 4 atom stereocenters. The van der Waals surface area contributed by atoms with Crippen LogP contribution in [0.4, 0.5) is 11.8 Å². The number of rotatable bonds is 11. The maximum Gasteiger partial charge on any atom is 0.226 e. The first-order valence-corrected chi connectivity index (χ1v) is 14.4. The van der Waals surface area contributed by atoms with Crippen molar-refractivity contribution in [2.45, 2.75) is 63.7 Å². The van der Waals surface area contributed by atoms with Crippen molar-refractivity contribution in [2.75, 3.05) is 43.4 Å². The molecule has 2 aliphatic rings. The molecule has 0 radical (unpaired) electrons. The van der Waals surface area contributed by atoms with Gasteiger partial charge >= 0.3 is 0 Å². The van der Waals surface area contributed by atoms with Crippen LogP contribution in [-0.2, 0) is 17.7 Å². The highest BCUT2D eigenvalue weighted by molar-refractivity contribution is 5.84. The number of aliphatic hydroxyl groups excluding tert-OH is 2. The Bertz CT molecular complexity index is 1420. The van der Waals surface area contributed by atoms with Gasteiger partial charge in [-0.3, -0.25) is 4.57 Å². The predicted octanol–water partition coefficient (Wildman–Crippen LogP) is 1.38. The lowest BCUT2D eigenvalue weighted by Gasteiger charge is -2.26. The normalized spacial score (nSPS) is 23.3. The van der Waals surface area contributed by atoms with Gasteiger partial charge in [-0.2, -0.15) is 14.8 Å². The van der Waals surface area contributed by atoms with Crippen LogP contribution in [0.15, 0.2) is 36.7 Å². The van der Waals surface area contributed by atoms with Crippen LogP contribution in [0.5, 0.6) is 0 Å². The molecule has 2 fully saturated rings. The molecule has 2 saturated heterocycles. The number of ether oxygens (including phenoxy) is 1. The van der Waals surface area contributed by atoms with Gasteiger partial charge in [0.05, 0.1) is 12.9 Å². The van der Waals surface area contributed by atoms with Gasteiger partial charge in [0.2, 0.25) is 11.8 Å². The van der Waals surface area contributed by atoms with Gasteiger partial charge in [-0.1, -0.05) is 36.8 Å². The summed E-state index contributed by atoms with van der Waals surface area (Å²) in [5.74, 6) is 1.25. The van der Waals surface area contributed by atoms with Crippen molar-refractivity contribution in [1.82, 2.24) is 44.6 Å². The van der Waals surface area contributed by atoms with E-state index in [1.165, 1.54) is 29.6 Å². The minimum Gasteiger partial charge on any atom is -0.387 e. The summed E-state index contributed by atoms with van der Waals surface area (Å²) in [6.45, 7) is 6.89. The molecule has 4 unspecified atom stereocenters. The van der Waals surface area contributed by atoms with E-state index in [9.17, 15) is 10.2 Å². The molecule has 14 nitrogen and oxygen atoms in total. The van der Waals surface area contributed by atoms with Crippen molar-refractivity contribution in [3.05, 3.63) is 48.0 Å². The summed E-state index contributed by atoms with van der Waals surface area (Å²) in [5.41, 5.74) is 2.24. The lowest BCUT2D eigenvalue weighted by molar-refractivity contribution is -0.0384. The fourth-order valence-electron chi connectivity index (χ4n) is 5.39. The Hall–Kier alpha value is -3.72. The van der Waals surface area contributed by atoms with E-state index >= 15 is 0 Å². The van der Waals surface area contributed by atoms with E-state index in [1.807, 2.05) is 25.1 Å². The smallest absolute Gasteiger partial charge is 0.226 e. The van der Waals surface area contributed by atoms with Gasteiger partial charge < -0.3 is 30.5 Å². The third-order valence-electron chi connectivity index (χ3n) is 7.65. The van der Waals surface area contributed by atoms with Crippen molar-refractivity contribution >= 4 is 22.9 Å². The molecule has 5 heterocycles. The summed E-state index contributed by atoms with van der Waals surface area (Å²) in [6.07, 6.45) is 1.72. The molecule has 4 N–H and O–H groups in total. The van der Waals surface area contributed by atoms with Crippen molar-refractivity contribution in [3.63, 3.8) is 0 Å². The summed E-state index contributed by atoms with van der Waals surface area (Å²) >= 11 is 0. The largest absolute Gasteiger partial charge is 0.387 e. The van der Waals surface area contributed by atoms with Gasteiger partial charge in [-0.25, -0.2) is 4.98 Å². The number of anilines is 2. The number of hydrogen-bond acceptors (Lipinski definition) is 12. The van der Waals surface area contributed by atoms with Crippen molar-refractivity contribution < 1.29 is 14.9 Å². The van der Waals surface area contributed by atoms with Crippen LogP contribution in [0.2, 0.25) is 0 Å². The highest BCUT2D eigenvalue weighted by Crippen LogP contribution is 2.39. The van der Waals surface area contributed by atoms with E-state index in [-0.39, 0.29) is 5.82 Å². The number of piperidine rings is 1. The summed E-state index contributed by atoms with van der Waals surface area (Å²) in [6, 6.07) is 10.2. The first kappa shape index (κ1) is 27.4. The molecule has 6 rings (SSSR count). The number of aromatic nitrogens is 8. The second kappa shape index (κ2) is 12.4. The molecule has 3 aromatic heterocycles. The van der Waals surface area contributed by atoms with Crippen molar-refractivity contribution in [2.24, 2.45) is 0 Å². The fraction of sp³-hybridized carbons (Fsp3) is 0.556. The Morgan fingerprint density at radius 3 is 2.61 bits per heavy atom. The second-order valence-corrected chi connectivity index (χ2v) is 10.5. The second-order valence-electron chi connectivity index (χ2n) is 10.5. The number of benzene rings is 1. The maximum absolute atomic E-state index is 11.0. The summed E-state index contributed by atoms with van der Waals surface area (Å²) in [5, 5.41) is 40.8. The maximum atomic E-state index is 11.0. The monoisotopic (exact) mass is 563 g/mol. The number of nitrogens with zero attached hydrogens (tertiary/aromatic N) is 9. The van der Waals surface area contributed by atoms with Crippen molar-refractivity contribution in [3.8, 4) is 0 Å². The Morgan fingerprint density at radius 1 is 1.00 bits per heavy atom. The van der Waals surface area contributed by atoms with Gasteiger partial charge in [0.25, 0.3) is 0 Å². The highest BCUT2D eigenvalue weighted by atomic mass is 16.6. The molecule has 0 aliphatic carbocycles. The number of fused-ring (bicyclic) bond motifs is 1. The molecular formula is C27H37N11O3. The molecule has 4 aromatic rings. The average Bonchev–Trinajstić information content (AvgIpc) is 3.72. The minimum atomic E-state index is -1.26. The molecule has 14 heteroatoms. The fourth-order valence-corrected chi connectivity index (χ4v) is 5.39. The lowest BCUT2D eigenvalue weighted by atomic mass is 10.1. The van der Waals surface area contributed by atoms with Crippen LogP contribution in [-0.4, -0.2) is 99.8 Å². The van der Waals surface area contributed by atoms with Gasteiger partial charge in [0.15, 0.2) is 29.3 Å². The zero-order valence-corrected chi connectivity index (χ0v) is 23.2. The molecule has 2 aliphatic heterocycles. The lowest BCUT2D eigenvalue weighted by Crippen LogP contribution is -2.34. The van der Waals surface area contributed by atoms with E-state index in [4.69, 9.17) is 14.7 Å². The standard InChI is InChI=1S/C27H37N11O3/c1-2-38-34-24(33-35-38)22-20(39)21(40)26(41-22)37-17-30-19-23(28-12-11-18-9-5-3-6-10-18)31-27(32-25(19)37)29-13-16-36-14-7-4-8-15-36/h3,5-6,9-10,17,20-22,26,39-40H,2,4,7-8,11-16H2,1H3,(H2,28,29,31,32). The zero-order valence-electron chi connectivity index (χ0n) is 23.2. The summed E-state index contributed by atoms with van der Waals surface area (Å²) < 4.78 is 7.73. The third-order valence-corrected chi connectivity index (χ3v) is 7.65. The van der Waals surface area contributed by atoms with Crippen LogP contribution in [0, 0.1) is 0 Å². The topological polar surface area (TPSA) is 164 Å². The Morgan fingerprint density at radius 2 is 1.83 bits per heavy atom. The van der Waals surface area contributed by atoms with Gasteiger partial charge in [-0.15, -0.1) is 10.2 Å². The molecule has 0 spiro atoms. The molecular weight excluding hydrogens is 526 g/mol. The average molecular weight is 564 g/mol. The Labute approximate surface area is 237 Å². The van der Waals surface area contributed by atoms with Crippen LogP contribution in [0.1, 0.15) is 49.9 Å². The van der Waals surface area contributed by atoms with E-state index in [1.54, 1.807) is 10.9 Å². The molecule has 0 amide bonds. The van der Waals surface area contributed by atoms with E-state index in [0.29, 0.717) is 42.6 Å².